The van der Waals surface area contributed by atoms with Crippen LogP contribution in [0.2, 0.25) is 5.02 Å². The summed E-state index contributed by atoms with van der Waals surface area (Å²) in [6.07, 6.45) is -3.88. The number of hydrazine groups is 1. The van der Waals surface area contributed by atoms with Crippen LogP contribution in [-0.2, 0) is 11.0 Å². The standard InChI is InChI=1S/C8H7ClF3N3O/c1-4(16)14-15-7-6(9)2-5(3-13-7)8(10,11)12/h2-3H,1H3,(H,13,15)(H,14,16). The summed E-state index contributed by atoms with van der Waals surface area (Å²) in [6, 6.07) is 0.721. The zero-order chi connectivity index (χ0) is 12.3. The van der Waals surface area contributed by atoms with Crippen molar-refractivity contribution < 1.29 is 18.0 Å². The van der Waals surface area contributed by atoms with E-state index in [1.54, 1.807) is 0 Å². The number of halogens is 4. The van der Waals surface area contributed by atoms with Gasteiger partial charge in [-0.05, 0) is 6.07 Å². The summed E-state index contributed by atoms with van der Waals surface area (Å²) in [7, 11) is 0. The Morgan fingerprint density at radius 3 is 2.56 bits per heavy atom. The molecule has 8 heteroatoms. The summed E-state index contributed by atoms with van der Waals surface area (Å²) in [5.41, 5.74) is 3.47. The van der Waals surface area contributed by atoms with Crippen LogP contribution in [0.4, 0.5) is 19.0 Å². The van der Waals surface area contributed by atoms with Crippen LogP contribution in [0.3, 0.4) is 0 Å². The van der Waals surface area contributed by atoms with E-state index in [0.717, 1.165) is 6.07 Å². The topological polar surface area (TPSA) is 54.0 Å². The fraction of sp³-hybridized carbons (Fsp3) is 0.250. The number of hydrogen-bond donors (Lipinski definition) is 2. The first-order valence-electron chi connectivity index (χ1n) is 4.06. The lowest BCUT2D eigenvalue weighted by Gasteiger charge is -2.10. The Kier molecular flexibility index (Phi) is 3.58. The first kappa shape index (κ1) is 12.6. The summed E-state index contributed by atoms with van der Waals surface area (Å²) >= 11 is 5.54. The Bertz CT molecular complexity index is 408. The Labute approximate surface area is 93.8 Å². The van der Waals surface area contributed by atoms with Gasteiger partial charge in [0.1, 0.15) is 0 Å². The molecule has 0 radical (unpaired) electrons. The highest BCUT2D eigenvalue weighted by Gasteiger charge is 2.31. The van der Waals surface area contributed by atoms with Crippen LogP contribution in [0, 0.1) is 0 Å². The van der Waals surface area contributed by atoms with Gasteiger partial charge in [-0.2, -0.15) is 13.2 Å². The Hall–Kier alpha value is -1.50. The molecule has 4 nitrogen and oxygen atoms in total. The first-order valence-corrected chi connectivity index (χ1v) is 4.44. The highest BCUT2D eigenvalue weighted by Crippen LogP contribution is 2.32. The van der Waals surface area contributed by atoms with Crippen LogP contribution in [0.5, 0.6) is 0 Å². The van der Waals surface area contributed by atoms with E-state index < -0.39 is 17.6 Å². The molecule has 1 aromatic rings. The third-order valence-corrected chi connectivity index (χ3v) is 1.81. The van der Waals surface area contributed by atoms with Gasteiger partial charge in [0.05, 0.1) is 10.6 Å². The molecule has 0 bridgehead atoms. The Balaban J connectivity index is 2.88. The van der Waals surface area contributed by atoms with E-state index in [9.17, 15) is 18.0 Å². The number of carbonyl (C=O) groups excluding carboxylic acids is 1. The molecular formula is C8H7ClF3N3O. The number of aromatic nitrogens is 1. The molecule has 0 spiro atoms. The number of alkyl halides is 3. The maximum Gasteiger partial charge on any atom is 0.417 e. The normalized spacial score (nSPS) is 11.1. The summed E-state index contributed by atoms with van der Waals surface area (Å²) in [4.78, 5) is 14.0. The van der Waals surface area contributed by atoms with Crippen molar-refractivity contribution in [3.05, 3.63) is 22.8 Å². The number of nitrogens with zero attached hydrogens (tertiary/aromatic N) is 1. The molecule has 16 heavy (non-hydrogen) atoms. The minimum absolute atomic E-state index is 0.0510. The SMILES string of the molecule is CC(=O)NNc1ncc(C(F)(F)F)cc1Cl. The van der Waals surface area contributed by atoms with Crippen LogP contribution in [0.25, 0.3) is 0 Å². The fourth-order valence-electron chi connectivity index (χ4n) is 0.832. The molecule has 1 aromatic heterocycles. The smallest absolute Gasteiger partial charge is 0.281 e. The number of hydrogen-bond acceptors (Lipinski definition) is 3. The summed E-state index contributed by atoms with van der Waals surface area (Å²) < 4.78 is 36.7. The first-order chi connectivity index (χ1) is 7.30. The summed E-state index contributed by atoms with van der Waals surface area (Å²) in [6.45, 7) is 1.23. The Morgan fingerprint density at radius 1 is 1.50 bits per heavy atom. The lowest BCUT2D eigenvalue weighted by atomic mass is 10.3. The molecule has 0 aliphatic rings. The molecular weight excluding hydrogens is 247 g/mol. The lowest BCUT2D eigenvalue weighted by molar-refractivity contribution is -0.137. The largest absolute Gasteiger partial charge is 0.417 e. The molecule has 1 amide bonds. The minimum Gasteiger partial charge on any atom is -0.281 e. The quantitative estimate of drug-likeness (QED) is 0.795. The number of pyridine rings is 1. The molecule has 0 aliphatic carbocycles. The van der Waals surface area contributed by atoms with Crippen molar-refractivity contribution in [2.45, 2.75) is 13.1 Å². The predicted octanol–water partition coefficient (Wildman–Crippen LogP) is 2.22. The van der Waals surface area contributed by atoms with Crippen LogP contribution in [0.1, 0.15) is 12.5 Å². The van der Waals surface area contributed by atoms with Crippen molar-refractivity contribution in [3.8, 4) is 0 Å². The van der Waals surface area contributed by atoms with Crippen LogP contribution >= 0.6 is 11.6 Å². The van der Waals surface area contributed by atoms with Crippen molar-refractivity contribution in [2.75, 3.05) is 5.43 Å². The van der Waals surface area contributed by atoms with Crippen molar-refractivity contribution in [1.82, 2.24) is 10.4 Å². The number of anilines is 1. The molecule has 88 valence electrons. The van der Waals surface area contributed by atoms with Crippen molar-refractivity contribution in [2.24, 2.45) is 0 Å². The van der Waals surface area contributed by atoms with Crippen molar-refractivity contribution in [1.29, 1.82) is 0 Å². The second kappa shape index (κ2) is 4.56. The van der Waals surface area contributed by atoms with Gasteiger partial charge in [-0.3, -0.25) is 15.6 Å². The van der Waals surface area contributed by atoms with Gasteiger partial charge in [0, 0.05) is 13.1 Å². The number of rotatable bonds is 2. The van der Waals surface area contributed by atoms with E-state index in [0.29, 0.717) is 6.20 Å². The van der Waals surface area contributed by atoms with Gasteiger partial charge in [-0.25, -0.2) is 4.98 Å². The van der Waals surface area contributed by atoms with Crippen molar-refractivity contribution in [3.63, 3.8) is 0 Å². The number of amides is 1. The molecule has 1 heterocycles. The maximum absolute atomic E-state index is 12.2. The van der Waals surface area contributed by atoms with Gasteiger partial charge in [0.2, 0.25) is 5.91 Å². The van der Waals surface area contributed by atoms with Gasteiger partial charge in [-0.15, -0.1) is 0 Å². The molecule has 0 atom stereocenters. The predicted molar refractivity (Wildman–Crippen MR) is 51.7 cm³/mol. The van der Waals surface area contributed by atoms with E-state index in [4.69, 9.17) is 11.6 Å². The van der Waals surface area contributed by atoms with Gasteiger partial charge in [0.15, 0.2) is 5.82 Å². The average Bonchev–Trinajstić information content (AvgIpc) is 2.14. The van der Waals surface area contributed by atoms with Gasteiger partial charge in [-0.1, -0.05) is 11.6 Å². The lowest BCUT2D eigenvalue weighted by Crippen LogP contribution is -2.27. The summed E-state index contributed by atoms with van der Waals surface area (Å²) in [5.74, 6) is -0.470. The highest BCUT2D eigenvalue weighted by molar-refractivity contribution is 6.33. The van der Waals surface area contributed by atoms with E-state index in [-0.39, 0.29) is 10.8 Å². The number of nitrogens with one attached hydrogen (secondary N) is 2. The van der Waals surface area contributed by atoms with E-state index in [1.165, 1.54) is 6.92 Å². The highest BCUT2D eigenvalue weighted by atomic mass is 35.5. The van der Waals surface area contributed by atoms with Crippen molar-refractivity contribution >= 4 is 23.3 Å². The second-order valence-corrected chi connectivity index (χ2v) is 3.27. The van der Waals surface area contributed by atoms with Crippen LogP contribution < -0.4 is 10.9 Å². The van der Waals surface area contributed by atoms with Crippen LogP contribution in [-0.4, -0.2) is 10.9 Å². The molecule has 1 rings (SSSR count). The second-order valence-electron chi connectivity index (χ2n) is 2.86. The third-order valence-electron chi connectivity index (χ3n) is 1.53. The molecule has 2 N–H and O–H groups in total. The van der Waals surface area contributed by atoms with Gasteiger partial charge in [0.25, 0.3) is 0 Å². The summed E-state index contributed by atoms with van der Waals surface area (Å²) in [5, 5.41) is -0.233. The van der Waals surface area contributed by atoms with Crippen LogP contribution in [0.15, 0.2) is 12.3 Å². The average molecular weight is 254 g/mol. The molecule has 0 saturated carbocycles. The van der Waals surface area contributed by atoms with Gasteiger partial charge < -0.3 is 0 Å². The monoisotopic (exact) mass is 253 g/mol. The Morgan fingerprint density at radius 2 is 2.12 bits per heavy atom. The maximum atomic E-state index is 12.2. The molecule has 0 aromatic carbocycles. The third kappa shape index (κ3) is 3.27. The fourth-order valence-corrected chi connectivity index (χ4v) is 1.05. The molecule has 0 aliphatic heterocycles. The number of carbonyl (C=O) groups is 1. The van der Waals surface area contributed by atoms with E-state index in [1.807, 2.05) is 0 Å². The molecule has 0 fully saturated rings. The molecule has 0 saturated heterocycles. The zero-order valence-electron chi connectivity index (χ0n) is 8.02. The van der Waals surface area contributed by atoms with E-state index >= 15 is 0 Å². The molecule has 0 unspecified atom stereocenters. The van der Waals surface area contributed by atoms with Gasteiger partial charge >= 0.3 is 6.18 Å². The zero-order valence-corrected chi connectivity index (χ0v) is 8.78. The van der Waals surface area contributed by atoms with E-state index in [2.05, 4.69) is 15.8 Å². The minimum atomic E-state index is -4.50.